The fourth-order valence-corrected chi connectivity index (χ4v) is 0.750. The Hall–Kier alpha value is -1.12. The lowest BCUT2D eigenvalue weighted by atomic mass is 10.3. The fourth-order valence-electron chi connectivity index (χ4n) is 0.750. The minimum absolute atomic E-state index is 0.111. The number of carbonyl (C=O) groups is 1. The van der Waals surface area contributed by atoms with E-state index in [9.17, 15) is 4.79 Å². The van der Waals surface area contributed by atoms with Crippen LogP contribution in [0.5, 0.6) is 0 Å². The van der Waals surface area contributed by atoms with E-state index in [1.54, 1.807) is 12.4 Å². The molecule has 0 aliphatic carbocycles. The molecule has 0 aliphatic rings. The highest BCUT2D eigenvalue weighted by Crippen LogP contribution is 1.93. The van der Waals surface area contributed by atoms with Crippen LogP contribution in [0.3, 0.4) is 0 Å². The highest BCUT2D eigenvalue weighted by atomic mass is 16.2. The van der Waals surface area contributed by atoms with Crippen LogP contribution in [0, 0.1) is 0 Å². The van der Waals surface area contributed by atoms with Gasteiger partial charge in [0, 0.05) is 18.8 Å². The molecular formula is C7H10N2O. The average Bonchev–Trinajstić information content (AvgIpc) is 2.38. The Balaban J connectivity index is 2.59. The van der Waals surface area contributed by atoms with Crippen LogP contribution in [0.25, 0.3) is 0 Å². The summed E-state index contributed by atoms with van der Waals surface area (Å²) in [6.07, 6.45) is 6.27. The zero-order valence-electron chi connectivity index (χ0n) is 5.95. The van der Waals surface area contributed by atoms with E-state index in [0.29, 0.717) is 6.42 Å². The predicted octanol–water partition coefficient (Wildman–Crippen LogP) is 1.32. The first-order valence-corrected chi connectivity index (χ1v) is 3.35. The molecular weight excluding hydrogens is 128 g/mol. The molecule has 3 heteroatoms. The Morgan fingerprint density at radius 2 is 2.50 bits per heavy atom. The van der Waals surface area contributed by atoms with Crippen LogP contribution in [0.4, 0.5) is 0 Å². The molecule has 0 amide bonds. The maximum absolute atomic E-state index is 11.0. The lowest BCUT2D eigenvalue weighted by Crippen LogP contribution is -2.06. The van der Waals surface area contributed by atoms with Crippen molar-refractivity contribution in [1.82, 2.24) is 9.55 Å². The van der Waals surface area contributed by atoms with Crippen molar-refractivity contribution in [2.45, 2.75) is 19.8 Å². The van der Waals surface area contributed by atoms with E-state index in [2.05, 4.69) is 4.98 Å². The summed E-state index contributed by atoms with van der Waals surface area (Å²) in [6.45, 7) is 1.98. The fraction of sp³-hybridized carbons (Fsp3) is 0.429. The van der Waals surface area contributed by atoms with Crippen molar-refractivity contribution in [2.75, 3.05) is 0 Å². The Bertz CT molecular complexity index is 203. The molecule has 0 saturated carbocycles. The Morgan fingerprint density at radius 3 is 3.00 bits per heavy atom. The van der Waals surface area contributed by atoms with E-state index in [1.807, 2.05) is 6.92 Å². The van der Waals surface area contributed by atoms with Crippen molar-refractivity contribution in [3.8, 4) is 0 Å². The summed E-state index contributed by atoms with van der Waals surface area (Å²) in [4.78, 5) is 14.8. The van der Waals surface area contributed by atoms with Gasteiger partial charge in [0.25, 0.3) is 0 Å². The molecule has 0 aliphatic heterocycles. The lowest BCUT2D eigenvalue weighted by molar-refractivity contribution is 0.0901. The number of carbonyl (C=O) groups excluding carboxylic acids is 1. The van der Waals surface area contributed by atoms with Crippen molar-refractivity contribution < 1.29 is 4.79 Å². The van der Waals surface area contributed by atoms with Gasteiger partial charge in [-0.2, -0.15) is 0 Å². The van der Waals surface area contributed by atoms with Gasteiger partial charge in [-0.3, -0.25) is 9.36 Å². The van der Waals surface area contributed by atoms with Gasteiger partial charge in [-0.25, -0.2) is 4.98 Å². The normalized spacial score (nSPS) is 9.70. The van der Waals surface area contributed by atoms with E-state index >= 15 is 0 Å². The largest absolute Gasteiger partial charge is 0.276 e. The molecule has 0 bridgehead atoms. The van der Waals surface area contributed by atoms with Crippen LogP contribution >= 0.6 is 0 Å². The van der Waals surface area contributed by atoms with E-state index in [-0.39, 0.29) is 5.91 Å². The summed E-state index contributed by atoms with van der Waals surface area (Å²) in [7, 11) is 0. The molecule has 0 atom stereocenters. The molecule has 0 unspecified atom stereocenters. The second kappa shape index (κ2) is 3.15. The Labute approximate surface area is 59.7 Å². The second-order valence-corrected chi connectivity index (χ2v) is 2.11. The molecule has 3 nitrogen and oxygen atoms in total. The Kier molecular flexibility index (Phi) is 2.20. The molecule has 0 fully saturated rings. The predicted molar refractivity (Wildman–Crippen MR) is 37.8 cm³/mol. The molecule has 0 radical (unpaired) electrons. The zero-order chi connectivity index (χ0) is 7.40. The summed E-state index contributed by atoms with van der Waals surface area (Å²) < 4.78 is 1.50. The molecule has 1 heterocycles. The Morgan fingerprint density at radius 1 is 1.70 bits per heavy atom. The smallest absolute Gasteiger partial charge is 0.231 e. The van der Waals surface area contributed by atoms with Gasteiger partial charge in [0.05, 0.1) is 0 Å². The third kappa shape index (κ3) is 1.43. The van der Waals surface area contributed by atoms with Crippen LogP contribution in [-0.2, 0) is 0 Å². The molecule has 0 saturated heterocycles. The third-order valence-electron chi connectivity index (χ3n) is 1.26. The molecule has 1 aromatic heterocycles. The lowest BCUT2D eigenvalue weighted by Gasteiger charge is -1.95. The summed E-state index contributed by atoms with van der Waals surface area (Å²) in [5, 5.41) is 0. The van der Waals surface area contributed by atoms with Crippen molar-refractivity contribution in [3.63, 3.8) is 0 Å². The van der Waals surface area contributed by atoms with Crippen molar-refractivity contribution >= 4 is 5.91 Å². The molecule has 10 heavy (non-hydrogen) atoms. The van der Waals surface area contributed by atoms with Crippen molar-refractivity contribution in [3.05, 3.63) is 18.7 Å². The van der Waals surface area contributed by atoms with Crippen LogP contribution < -0.4 is 0 Å². The number of rotatable bonds is 2. The summed E-state index contributed by atoms with van der Waals surface area (Å²) >= 11 is 0. The summed E-state index contributed by atoms with van der Waals surface area (Å²) in [5.41, 5.74) is 0. The van der Waals surface area contributed by atoms with Crippen LogP contribution in [0.15, 0.2) is 18.7 Å². The molecule has 1 rings (SSSR count). The topological polar surface area (TPSA) is 34.9 Å². The number of aromatic nitrogens is 2. The molecule has 54 valence electrons. The van der Waals surface area contributed by atoms with Crippen molar-refractivity contribution in [2.24, 2.45) is 0 Å². The van der Waals surface area contributed by atoms with E-state index < -0.39 is 0 Å². The second-order valence-electron chi connectivity index (χ2n) is 2.11. The third-order valence-corrected chi connectivity index (χ3v) is 1.26. The SMILES string of the molecule is CCCC(=O)n1ccnc1. The van der Waals surface area contributed by atoms with E-state index in [0.717, 1.165) is 6.42 Å². The maximum atomic E-state index is 11.0. The van der Waals surface area contributed by atoms with Gasteiger partial charge in [0.2, 0.25) is 5.91 Å². The van der Waals surface area contributed by atoms with E-state index in [1.165, 1.54) is 10.9 Å². The first kappa shape index (κ1) is 6.99. The van der Waals surface area contributed by atoms with Gasteiger partial charge in [0.15, 0.2) is 0 Å². The van der Waals surface area contributed by atoms with Crippen molar-refractivity contribution in [1.29, 1.82) is 0 Å². The number of hydrogen-bond acceptors (Lipinski definition) is 2. The van der Waals surface area contributed by atoms with Gasteiger partial charge in [-0.1, -0.05) is 6.92 Å². The van der Waals surface area contributed by atoms with Gasteiger partial charge in [-0.15, -0.1) is 0 Å². The molecule has 0 N–H and O–H groups in total. The quantitative estimate of drug-likeness (QED) is 0.617. The highest BCUT2D eigenvalue weighted by molar-refractivity contribution is 5.78. The van der Waals surface area contributed by atoms with Crippen LogP contribution in [0.1, 0.15) is 24.6 Å². The average molecular weight is 138 g/mol. The molecule has 0 spiro atoms. The van der Waals surface area contributed by atoms with Crippen LogP contribution in [0.2, 0.25) is 0 Å². The maximum Gasteiger partial charge on any atom is 0.231 e. The summed E-state index contributed by atoms with van der Waals surface area (Å²) in [6, 6.07) is 0. The van der Waals surface area contributed by atoms with E-state index in [4.69, 9.17) is 0 Å². The monoisotopic (exact) mass is 138 g/mol. The first-order chi connectivity index (χ1) is 4.84. The minimum atomic E-state index is 0.111. The number of imidazole rings is 1. The molecule has 1 aromatic rings. The zero-order valence-corrected chi connectivity index (χ0v) is 5.95. The number of hydrogen-bond donors (Lipinski definition) is 0. The summed E-state index contributed by atoms with van der Waals surface area (Å²) in [5.74, 6) is 0.111. The van der Waals surface area contributed by atoms with Gasteiger partial charge in [0.1, 0.15) is 6.33 Å². The van der Waals surface area contributed by atoms with Gasteiger partial charge < -0.3 is 0 Å². The number of nitrogens with zero attached hydrogens (tertiary/aromatic N) is 2. The van der Waals surface area contributed by atoms with Gasteiger partial charge >= 0.3 is 0 Å². The van der Waals surface area contributed by atoms with Gasteiger partial charge in [-0.05, 0) is 6.42 Å². The highest BCUT2D eigenvalue weighted by Gasteiger charge is 1.99. The molecule has 0 aromatic carbocycles. The standard InChI is InChI=1S/C7H10N2O/c1-2-3-7(10)9-5-4-8-6-9/h4-6H,2-3H2,1H3. The minimum Gasteiger partial charge on any atom is -0.276 e. The van der Waals surface area contributed by atoms with Crippen LogP contribution in [-0.4, -0.2) is 15.5 Å². The first-order valence-electron chi connectivity index (χ1n) is 3.35.